The Kier molecular flexibility index (Phi) is 8.41. The van der Waals surface area contributed by atoms with Crippen LogP contribution in [0.2, 0.25) is 10.0 Å². The monoisotopic (exact) mass is 554 g/mol. The van der Waals surface area contributed by atoms with E-state index >= 15 is 0 Å². The normalized spacial score (nSPS) is 11.9. The molecule has 38 heavy (non-hydrogen) atoms. The molecule has 0 aliphatic rings. The highest BCUT2D eigenvalue weighted by Crippen LogP contribution is 2.29. The SMILES string of the molecule is COCCCN(C(=O)c1ccc([N+](=O)[O-])cc1Cl)C(C)c1nc2ccccc2c(=O)n1-c1ccc(Cl)cc1. The van der Waals surface area contributed by atoms with Crippen LogP contribution in [0, 0.1) is 10.1 Å². The van der Waals surface area contributed by atoms with Crippen molar-refractivity contribution in [1.82, 2.24) is 14.5 Å². The molecule has 4 rings (SSSR count). The van der Waals surface area contributed by atoms with Crippen LogP contribution in [0.25, 0.3) is 16.6 Å². The van der Waals surface area contributed by atoms with Gasteiger partial charge in [0.1, 0.15) is 5.82 Å². The summed E-state index contributed by atoms with van der Waals surface area (Å²) in [6.07, 6.45) is 0.496. The fourth-order valence-electron chi connectivity index (χ4n) is 4.21. The largest absolute Gasteiger partial charge is 0.385 e. The van der Waals surface area contributed by atoms with Gasteiger partial charge in [0.25, 0.3) is 17.2 Å². The third kappa shape index (κ3) is 5.55. The molecule has 1 amide bonds. The molecule has 0 bridgehead atoms. The topological polar surface area (TPSA) is 108 Å². The van der Waals surface area contributed by atoms with Crippen LogP contribution in [0.1, 0.15) is 35.6 Å². The molecule has 1 heterocycles. The van der Waals surface area contributed by atoms with Crippen molar-refractivity contribution in [3.8, 4) is 5.69 Å². The van der Waals surface area contributed by atoms with Gasteiger partial charge in [-0.1, -0.05) is 35.3 Å². The van der Waals surface area contributed by atoms with Crippen molar-refractivity contribution in [2.24, 2.45) is 0 Å². The van der Waals surface area contributed by atoms with Gasteiger partial charge in [0.05, 0.1) is 38.1 Å². The molecule has 3 aromatic carbocycles. The first-order valence-corrected chi connectivity index (χ1v) is 12.5. The van der Waals surface area contributed by atoms with Gasteiger partial charge in [-0.15, -0.1) is 0 Å². The van der Waals surface area contributed by atoms with E-state index in [4.69, 9.17) is 32.9 Å². The Bertz CT molecular complexity index is 1560. The van der Waals surface area contributed by atoms with Crippen molar-refractivity contribution in [3.63, 3.8) is 0 Å². The number of non-ortho nitro benzene ring substituents is 1. The summed E-state index contributed by atoms with van der Waals surface area (Å²) in [4.78, 5) is 44.4. The van der Waals surface area contributed by atoms with Gasteiger partial charge in [-0.05, 0) is 55.8 Å². The van der Waals surface area contributed by atoms with Crippen molar-refractivity contribution < 1.29 is 14.5 Å². The maximum Gasteiger partial charge on any atom is 0.270 e. The molecule has 0 fully saturated rings. The van der Waals surface area contributed by atoms with Crippen LogP contribution in [0.5, 0.6) is 0 Å². The quantitative estimate of drug-likeness (QED) is 0.146. The number of hydrogen-bond donors (Lipinski definition) is 0. The van der Waals surface area contributed by atoms with Gasteiger partial charge in [0.2, 0.25) is 0 Å². The maximum atomic E-state index is 13.8. The van der Waals surface area contributed by atoms with Crippen LogP contribution < -0.4 is 5.56 Å². The van der Waals surface area contributed by atoms with Gasteiger partial charge in [-0.25, -0.2) is 4.98 Å². The van der Waals surface area contributed by atoms with E-state index in [-0.39, 0.29) is 28.4 Å². The third-order valence-corrected chi connectivity index (χ3v) is 6.69. The second-order valence-electron chi connectivity index (χ2n) is 8.55. The number of fused-ring (bicyclic) bond motifs is 1. The van der Waals surface area contributed by atoms with Crippen LogP contribution in [0.3, 0.4) is 0 Å². The molecule has 1 unspecified atom stereocenters. The minimum Gasteiger partial charge on any atom is -0.385 e. The van der Waals surface area contributed by atoms with Gasteiger partial charge >= 0.3 is 0 Å². The van der Waals surface area contributed by atoms with Crippen LogP contribution in [-0.2, 0) is 4.74 Å². The summed E-state index contributed by atoms with van der Waals surface area (Å²) in [5.74, 6) is -0.126. The van der Waals surface area contributed by atoms with Crippen molar-refractivity contribution in [1.29, 1.82) is 0 Å². The molecule has 11 heteroatoms. The highest BCUT2D eigenvalue weighted by molar-refractivity contribution is 6.34. The van der Waals surface area contributed by atoms with E-state index in [0.717, 1.165) is 6.07 Å². The summed E-state index contributed by atoms with van der Waals surface area (Å²) >= 11 is 12.4. The number of aromatic nitrogens is 2. The fraction of sp³-hybridized carbons (Fsp3) is 0.222. The van der Waals surface area contributed by atoms with Crippen LogP contribution in [-0.4, -0.2) is 45.5 Å². The number of nitro groups is 1. The molecule has 0 aliphatic carbocycles. The minimum atomic E-state index is -0.696. The number of nitrogens with zero attached hydrogens (tertiary/aromatic N) is 4. The summed E-state index contributed by atoms with van der Waals surface area (Å²) in [7, 11) is 1.56. The lowest BCUT2D eigenvalue weighted by molar-refractivity contribution is -0.384. The minimum absolute atomic E-state index is 0.0466. The standard InChI is InChI=1S/C27H24Cl2N4O5/c1-17(31(14-5-15-38-2)26(34)21-13-12-20(33(36)37)16-23(21)29)25-30-24-7-4-3-6-22(24)27(35)32(25)19-10-8-18(28)9-11-19/h3-4,6-13,16-17H,5,14-15H2,1-2H3. The number of benzene rings is 3. The predicted molar refractivity (Wildman–Crippen MR) is 146 cm³/mol. The Balaban J connectivity index is 1.87. The molecule has 1 atom stereocenters. The molecule has 1 aromatic heterocycles. The number of ether oxygens (including phenoxy) is 1. The first kappa shape index (κ1) is 27.3. The number of amides is 1. The summed E-state index contributed by atoms with van der Waals surface area (Å²) in [6.45, 7) is 2.41. The summed E-state index contributed by atoms with van der Waals surface area (Å²) in [6, 6.07) is 16.8. The average Bonchev–Trinajstić information content (AvgIpc) is 2.91. The number of nitro benzene ring substituents is 1. The van der Waals surface area contributed by atoms with Gasteiger partial charge in [0.15, 0.2) is 0 Å². The van der Waals surface area contributed by atoms with E-state index in [0.29, 0.717) is 40.5 Å². The number of para-hydroxylation sites is 1. The molecule has 0 N–H and O–H groups in total. The number of hydrogen-bond acceptors (Lipinski definition) is 6. The van der Waals surface area contributed by atoms with Gasteiger partial charge < -0.3 is 9.64 Å². The van der Waals surface area contributed by atoms with E-state index in [1.807, 2.05) is 0 Å². The number of methoxy groups -OCH3 is 1. The first-order valence-electron chi connectivity index (χ1n) is 11.7. The predicted octanol–water partition coefficient (Wildman–Crippen LogP) is 5.84. The number of halogens is 2. The summed E-state index contributed by atoms with van der Waals surface area (Å²) in [5, 5.41) is 12.0. The van der Waals surface area contributed by atoms with E-state index in [9.17, 15) is 19.7 Å². The fourth-order valence-corrected chi connectivity index (χ4v) is 4.59. The number of carbonyl (C=O) groups excluding carboxylic acids is 1. The van der Waals surface area contributed by atoms with Crippen molar-refractivity contribution >= 4 is 45.7 Å². The molecule has 0 aliphatic heterocycles. The van der Waals surface area contributed by atoms with Crippen LogP contribution in [0.15, 0.2) is 71.5 Å². The van der Waals surface area contributed by atoms with Gasteiger partial charge in [-0.3, -0.25) is 24.3 Å². The van der Waals surface area contributed by atoms with E-state index in [2.05, 4.69) is 0 Å². The van der Waals surface area contributed by atoms with Gasteiger partial charge in [0, 0.05) is 37.4 Å². The molecular formula is C27H24Cl2N4O5. The highest BCUT2D eigenvalue weighted by atomic mass is 35.5. The van der Waals surface area contributed by atoms with Crippen LogP contribution in [0.4, 0.5) is 5.69 Å². The highest BCUT2D eigenvalue weighted by Gasteiger charge is 2.29. The molecule has 0 saturated carbocycles. The molecule has 0 spiro atoms. The summed E-state index contributed by atoms with van der Waals surface area (Å²) < 4.78 is 6.66. The Morgan fingerprint density at radius 1 is 1.13 bits per heavy atom. The number of rotatable bonds is 9. The zero-order valence-electron chi connectivity index (χ0n) is 20.6. The zero-order valence-corrected chi connectivity index (χ0v) is 22.1. The lowest BCUT2D eigenvalue weighted by Gasteiger charge is -2.31. The van der Waals surface area contributed by atoms with Crippen molar-refractivity contribution in [3.05, 3.63) is 109 Å². The smallest absolute Gasteiger partial charge is 0.270 e. The molecule has 0 saturated heterocycles. The van der Waals surface area contributed by atoms with Crippen molar-refractivity contribution in [2.75, 3.05) is 20.3 Å². The van der Waals surface area contributed by atoms with E-state index < -0.39 is 16.9 Å². The average molecular weight is 555 g/mol. The maximum absolute atomic E-state index is 13.8. The molecule has 9 nitrogen and oxygen atoms in total. The van der Waals surface area contributed by atoms with Gasteiger partial charge in [-0.2, -0.15) is 0 Å². The Morgan fingerprint density at radius 3 is 2.50 bits per heavy atom. The lowest BCUT2D eigenvalue weighted by Crippen LogP contribution is -2.38. The number of carbonyl (C=O) groups is 1. The lowest BCUT2D eigenvalue weighted by atomic mass is 10.1. The molecule has 196 valence electrons. The Hall–Kier alpha value is -3.79. The Labute approximate surface area is 228 Å². The third-order valence-electron chi connectivity index (χ3n) is 6.13. The Morgan fingerprint density at radius 2 is 1.84 bits per heavy atom. The van der Waals surface area contributed by atoms with Crippen LogP contribution >= 0.6 is 23.2 Å². The second kappa shape index (κ2) is 11.7. The van der Waals surface area contributed by atoms with E-state index in [1.54, 1.807) is 62.6 Å². The zero-order chi connectivity index (χ0) is 27.4. The van der Waals surface area contributed by atoms with E-state index in [1.165, 1.54) is 21.6 Å². The second-order valence-corrected chi connectivity index (χ2v) is 9.39. The molecule has 4 aromatic rings. The molecular weight excluding hydrogens is 531 g/mol. The first-order chi connectivity index (χ1) is 18.2. The van der Waals surface area contributed by atoms with Crippen molar-refractivity contribution in [2.45, 2.75) is 19.4 Å². The molecule has 0 radical (unpaired) electrons. The summed E-state index contributed by atoms with van der Waals surface area (Å²) in [5.41, 5.74) is 0.609.